The highest BCUT2D eigenvalue weighted by Gasteiger charge is 2.39. The Morgan fingerprint density at radius 3 is 2.62 bits per heavy atom. The second kappa shape index (κ2) is 3.97. The maximum Gasteiger partial charge on any atom is 0.0731 e. The molecule has 0 amide bonds. The zero-order valence-corrected chi connectivity index (χ0v) is 10.5. The predicted octanol–water partition coefficient (Wildman–Crippen LogP) is 1.24. The average molecular weight is 224 g/mol. The first-order chi connectivity index (χ1) is 7.61. The van der Waals surface area contributed by atoms with Crippen LogP contribution in [0.5, 0.6) is 0 Å². The molecule has 0 spiro atoms. The van der Waals surface area contributed by atoms with Crippen molar-refractivity contribution in [2.24, 2.45) is 5.92 Å². The Morgan fingerprint density at radius 1 is 1.31 bits per heavy atom. The first-order valence-corrected chi connectivity index (χ1v) is 6.73. The summed E-state index contributed by atoms with van der Waals surface area (Å²) in [6, 6.07) is 0. The van der Waals surface area contributed by atoms with E-state index in [1.165, 1.54) is 45.4 Å². The maximum absolute atomic E-state index is 5.68. The Morgan fingerprint density at radius 2 is 2.00 bits per heavy atom. The SMILES string of the molecule is CC1(C)CC(CN2CC3CC(C2)O3)CCN1. The Bertz CT molecular complexity index is 251. The lowest BCUT2D eigenvalue weighted by Crippen LogP contribution is -2.58. The molecule has 0 saturated carbocycles. The maximum atomic E-state index is 5.68. The van der Waals surface area contributed by atoms with Gasteiger partial charge in [0.1, 0.15) is 0 Å². The highest BCUT2D eigenvalue weighted by Crippen LogP contribution is 2.30. The van der Waals surface area contributed by atoms with Gasteiger partial charge in [0.15, 0.2) is 0 Å². The van der Waals surface area contributed by atoms with E-state index in [0.717, 1.165) is 5.92 Å². The number of hydrogen-bond acceptors (Lipinski definition) is 3. The van der Waals surface area contributed by atoms with E-state index in [2.05, 4.69) is 24.1 Å². The summed E-state index contributed by atoms with van der Waals surface area (Å²) in [6.45, 7) is 9.50. The van der Waals surface area contributed by atoms with Crippen molar-refractivity contribution in [2.45, 2.75) is 50.9 Å². The van der Waals surface area contributed by atoms with Crippen LogP contribution in [-0.2, 0) is 4.74 Å². The van der Waals surface area contributed by atoms with Crippen LogP contribution in [0.4, 0.5) is 0 Å². The lowest BCUT2D eigenvalue weighted by Gasteiger charge is -2.48. The molecule has 3 heteroatoms. The quantitative estimate of drug-likeness (QED) is 0.764. The van der Waals surface area contributed by atoms with E-state index in [4.69, 9.17) is 4.74 Å². The molecular formula is C13H24N2O. The lowest BCUT2D eigenvalue weighted by molar-refractivity contribution is -0.183. The topological polar surface area (TPSA) is 24.5 Å². The molecule has 4 saturated heterocycles. The zero-order chi connectivity index (χ0) is 11.2. The number of ether oxygens (including phenoxy) is 1. The molecule has 92 valence electrons. The van der Waals surface area contributed by atoms with Crippen molar-refractivity contribution in [3.05, 3.63) is 0 Å². The van der Waals surface area contributed by atoms with Gasteiger partial charge in [0.2, 0.25) is 0 Å². The minimum absolute atomic E-state index is 0.345. The molecule has 4 aliphatic rings. The van der Waals surface area contributed by atoms with E-state index in [9.17, 15) is 0 Å². The fourth-order valence-electron chi connectivity index (χ4n) is 3.62. The van der Waals surface area contributed by atoms with Gasteiger partial charge in [-0.2, -0.15) is 0 Å². The minimum Gasteiger partial charge on any atom is -0.372 e. The largest absolute Gasteiger partial charge is 0.372 e. The monoisotopic (exact) mass is 224 g/mol. The minimum atomic E-state index is 0.345. The Hall–Kier alpha value is -0.120. The molecule has 4 rings (SSSR count). The molecule has 0 aromatic heterocycles. The van der Waals surface area contributed by atoms with Gasteiger partial charge in [0.25, 0.3) is 0 Å². The van der Waals surface area contributed by atoms with E-state index in [-0.39, 0.29) is 0 Å². The van der Waals surface area contributed by atoms with Gasteiger partial charge in [0.05, 0.1) is 12.2 Å². The first kappa shape index (κ1) is 11.0. The van der Waals surface area contributed by atoms with Gasteiger partial charge in [-0.25, -0.2) is 0 Å². The summed E-state index contributed by atoms with van der Waals surface area (Å²) >= 11 is 0. The number of hydrogen-bond donors (Lipinski definition) is 1. The van der Waals surface area contributed by atoms with Gasteiger partial charge in [-0.05, 0) is 39.2 Å². The van der Waals surface area contributed by atoms with Crippen LogP contribution in [0.2, 0.25) is 0 Å². The van der Waals surface area contributed by atoms with Crippen LogP contribution in [-0.4, -0.2) is 48.8 Å². The van der Waals surface area contributed by atoms with Crippen molar-refractivity contribution < 1.29 is 4.74 Å². The molecular weight excluding hydrogens is 200 g/mol. The molecule has 4 heterocycles. The molecule has 0 aromatic rings. The van der Waals surface area contributed by atoms with E-state index in [1.54, 1.807) is 0 Å². The number of nitrogens with one attached hydrogen (secondary N) is 1. The fraction of sp³-hybridized carbons (Fsp3) is 1.00. The van der Waals surface area contributed by atoms with E-state index in [1.807, 2.05) is 0 Å². The normalized spacial score (nSPS) is 42.8. The number of morpholine rings is 1. The van der Waals surface area contributed by atoms with Crippen molar-refractivity contribution in [3.63, 3.8) is 0 Å². The van der Waals surface area contributed by atoms with Crippen molar-refractivity contribution in [2.75, 3.05) is 26.2 Å². The Kier molecular flexibility index (Phi) is 2.73. The Balaban J connectivity index is 1.50. The van der Waals surface area contributed by atoms with Gasteiger partial charge in [-0.3, -0.25) is 4.90 Å². The standard InChI is InChI=1S/C13H24N2O/c1-13(2)6-10(3-4-14-13)7-15-8-11-5-12(9-15)16-11/h10-12,14H,3-9H2,1-2H3. The van der Waals surface area contributed by atoms with E-state index >= 15 is 0 Å². The smallest absolute Gasteiger partial charge is 0.0731 e. The summed E-state index contributed by atoms with van der Waals surface area (Å²) in [5, 5.41) is 3.60. The predicted molar refractivity (Wildman–Crippen MR) is 64.5 cm³/mol. The molecule has 16 heavy (non-hydrogen) atoms. The van der Waals surface area contributed by atoms with E-state index < -0.39 is 0 Å². The number of piperidine rings is 2. The van der Waals surface area contributed by atoms with Crippen LogP contribution in [0.1, 0.15) is 33.1 Å². The lowest BCUT2D eigenvalue weighted by atomic mass is 9.84. The third-order valence-corrected chi connectivity index (χ3v) is 4.31. The summed E-state index contributed by atoms with van der Waals surface area (Å²) in [5.74, 6) is 0.883. The third-order valence-electron chi connectivity index (χ3n) is 4.31. The first-order valence-electron chi connectivity index (χ1n) is 6.73. The molecule has 4 aliphatic heterocycles. The molecule has 2 bridgehead atoms. The summed E-state index contributed by atoms with van der Waals surface area (Å²) in [5.41, 5.74) is 0.345. The van der Waals surface area contributed by atoms with Crippen LogP contribution in [0, 0.1) is 5.92 Å². The highest BCUT2D eigenvalue weighted by atomic mass is 16.5. The molecule has 0 radical (unpaired) electrons. The summed E-state index contributed by atoms with van der Waals surface area (Å²) in [7, 11) is 0. The zero-order valence-electron chi connectivity index (χ0n) is 10.5. The number of fused-ring (bicyclic) bond motifs is 2. The second-order valence-electron chi connectivity index (χ2n) is 6.50. The Labute approximate surface area is 98.5 Å². The van der Waals surface area contributed by atoms with Crippen LogP contribution in [0.3, 0.4) is 0 Å². The van der Waals surface area contributed by atoms with Crippen molar-refractivity contribution >= 4 is 0 Å². The molecule has 3 nitrogen and oxygen atoms in total. The van der Waals surface area contributed by atoms with Gasteiger partial charge >= 0.3 is 0 Å². The van der Waals surface area contributed by atoms with E-state index in [0.29, 0.717) is 17.7 Å². The molecule has 0 aliphatic carbocycles. The molecule has 0 aromatic carbocycles. The van der Waals surface area contributed by atoms with Gasteiger partial charge in [-0.1, -0.05) is 0 Å². The number of nitrogens with zero attached hydrogens (tertiary/aromatic N) is 1. The summed E-state index contributed by atoms with van der Waals surface area (Å²) in [4.78, 5) is 2.63. The fourth-order valence-corrected chi connectivity index (χ4v) is 3.62. The second-order valence-corrected chi connectivity index (χ2v) is 6.50. The summed E-state index contributed by atoms with van der Waals surface area (Å²) in [6.07, 6.45) is 5.10. The van der Waals surface area contributed by atoms with Crippen molar-refractivity contribution in [3.8, 4) is 0 Å². The van der Waals surface area contributed by atoms with Crippen LogP contribution >= 0.6 is 0 Å². The van der Waals surface area contributed by atoms with Gasteiger partial charge in [-0.15, -0.1) is 0 Å². The third kappa shape index (κ3) is 2.27. The molecule has 3 atom stereocenters. The van der Waals surface area contributed by atoms with Gasteiger partial charge < -0.3 is 10.1 Å². The van der Waals surface area contributed by atoms with Crippen LogP contribution in [0.15, 0.2) is 0 Å². The molecule has 3 unspecified atom stereocenters. The highest BCUT2D eigenvalue weighted by molar-refractivity contribution is 4.92. The van der Waals surface area contributed by atoms with Crippen LogP contribution in [0.25, 0.3) is 0 Å². The van der Waals surface area contributed by atoms with Crippen LogP contribution < -0.4 is 5.32 Å². The average Bonchev–Trinajstić information content (AvgIpc) is 2.14. The van der Waals surface area contributed by atoms with Crippen molar-refractivity contribution in [1.29, 1.82) is 0 Å². The molecule has 4 fully saturated rings. The number of rotatable bonds is 2. The molecule has 1 N–H and O–H groups in total. The summed E-state index contributed by atoms with van der Waals surface area (Å²) < 4.78 is 5.68. The van der Waals surface area contributed by atoms with Gasteiger partial charge in [0, 0.05) is 31.6 Å². The van der Waals surface area contributed by atoms with Crippen molar-refractivity contribution in [1.82, 2.24) is 10.2 Å².